The fourth-order valence-corrected chi connectivity index (χ4v) is 2.37. The van der Waals surface area contributed by atoms with Crippen molar-refractivity contribution in [3.8, 4) is 0 Å². The van der Waals surface area contributed by atoms with E-state index in [-0.39, 0.29) is 6.54 Å². The summed E-state index contributed by atoms with van der Waals surface area (Å²) < 4.78 is 36.1. The van der Waals surface area contributed by atoms with E-state index in [0.717, 1.165) is 25.6 Å². The number of nitrogens with one attached hydrogen (secondary N) is 2. The van der Waals surface area contributed by atoms with Gasteiger partial charge in [-0.25, -0.2) is 0 Å². The largest absolute Gasteiger partial charge is 0.390 e. The minimum atomic E-state index is -4.13. The van der Waals surface area contributed by atoms with E-state index in [1.807, 2.05) is 0 Å². The molecule has 0 saturated carbocycles. The van der Waals surface area contributed by atoms with Crippen LogP contribution in [0.25, 0.3) is 0 Å². The van der Waals surface area contributed by atoms with Crippen molar-refractivity contribution < 1.29 is 13.2 Å². The molecule has 0 aromatic rings. The number of hydrogen-bond acceptors (Lipinski definition) is 2. The van der Waals surface area contributed by atoms with Gasteiger partial charge in [0, 0.05) is 33.2 Å². The Morgan fingerprint density at radius 2 is 2.00 bits per heavy atom. The fraction of sp³-hybridized carbons (Fsp3) is 0.923. The summed E-state index contributed by atoms with van der Waals surface area (Å²) in [6.07, 6.45) is -2.47. The van der Waals surface area contributed by atoms with Crippen LogP contribution in [0, 0.1) is 5.92 Å². The molecule has 118 valence electrons. The lowest BCUT2D eigenvalue weighted by atomic mass is 10.0. The second-order valence-electron chi connectivity index (χ2n) is 5.34. The fourth-order valence-electron chi connectivity index (χ4n) is 2.37. The molecule has 1 atom stereocenters. The Kier molecular flexibility index (Phi) is 7.12. The molecular weight excluding hydrogens is 269 g/mol. The second-order valence-corrected chi connectivity index (χ2v) is 5.34. The molecule has 0 aromatic heterocycles. The Labute approximate surface area is 118 Å². The van der Waals surface area contributed by atoms with E-state index in [0.29, 0.717) is 12.5 Å². The van der Waals surface area contributed by atoms with Crippen LogP contribution in [0.1, 0.15) is 26.2 Å². The summed E-state index contributed by atoms with van der Waals surface area (Å²) in [4.78, 5) is 6.29. The summed E-state index contributed by atoms with van der Waals surface area (Å²) in [7, 11) is 1.56. The van der Waals surface area contributed by atoms with Crippen molar-refractivity contribution in [2.75, 3.05) is 39.8 Å². The van der Waals surface area contributed by atoms with E-state index >= 15 is 0 Å². The zero-order valence-electron chi connectivity index (χ0n) is 12.3. The van der Waals surface area contributed by atoms with E-state index in [4.69, 9.17) is 0 Å². The first-order valence-corrected chi connectivity index (χ1v) is 7.14. The van der Waals surface area contributed by atoms with Crippen LogP contribution in [0.4, 0.5) is 13.2 Å². The zero-order chi connectivity index (χ0) is 15.0. The molecule has 1 heterocycles. The van der Waals surface area contributed by atoms with Gasteiger partial charge < -0.3 is 15.5 Å². The average Bonchev–Trinajstić information content (AvgIpc) is 2.35. The van der Waals surface area contributed by atoms with Crippen molar-refractivity contribution in [2.24, 2.45) is 10.9 Å². The van der Waals surface area contributed by atoms with Gasteiger partial charge in [-0.2, -0.15) is 13.2 Å². The van der Waals surface area contributed by atoms with Crippen LogP contribution in [0.15, 0.2) is 4.99 Å². The van der Waals surface area contributed by atoms with Crippen LogP contribution < -0.4 is 10.6 Å². The smallest absolute Gasteiger partial charge is 0.356 e. The Hall–Kier alpha value is -0.980. The SMILES string of the molecule is CN=C(NCCN1CCCC(C)C1)NCCC(F)(F)F. The van der Waals surface area contributed by atoms with Crippen LogP contribution in [-0.4, -0.2) is 56.8 Å². The number of likely N-dealkylation sites (tertiary alicyclic amines) is 1. The summed E-state index contributed by atoms with van der Waals surface area (Å²) >= 11 is 0. The number of halogens is 3. The molecule has 7 heteroatoms. The molecule has 1 rings (SSSR count). The zero-order valence-corrected chi connectivity index (χ0v) is 12.3. The number of rotatable bonds is 5. The Morgan fingerprint density at radius 3 is 2.60 bits per heavy atom. The highest BCUT2D eigenvalue weighted by Gasteiger charge is 2.26. The topological polar surface area (TPSA) is 39.7 Å². The van der Waals surface area contributed by atoms with Crippen molar-refractivity contribution >= 4 is 5.96 Å². The van der Waals surface area contributed by atoms with Gasteiger partial charge in [0.05, 0.1) is 6.42 Å². The molecule has 0 amide bonds. The number of alkyl halides is 3. The third kappa shape index (κ3) is 7.57. The highest BCUT2D eigenvalue weighted by atomic mass is 19.4. The van der Waals surface area contributed by atoms with E-state index in [1.54, 1.807) is 7.05 Å². The predicted molar refractivity (Wildman–Crippen MR) is 74.9 cm³/mol. The van der Waals surface area contributed by atoms with Crippen molar-refractivity contribution in [1.82, 2.24) is 15.5 Å². The van der Waals surface area contributed by atoms with Crippen LogP contribution in [0.5, 0.6) is 0 Å². The third-order valence-electron chi connectivity index (χ3n) is 3.39. The monoisotopic (exact) mass is 294 g/mol. The molecular formula is C13H25F3N4. The summed E-state index contributed by atoms with van der Waals surface area (Å²) in [5.41, 5.74) is 0. The highest BCUT2D eigenvalue weighted by molar-refractivity contribution is 5.79. The molecule has 1 aliphatic rings. The van der Waals surface area contributed by atoms with Gasteiger partial charge in [-0.15, -0.1) is 0 Å². The van der Waals surface area contributed by atoms with Crippen molar-refractivity contribution in [3.63, 3.8) is 0 Å². The quantitative estimate of drug-likeness (QED) is 0.600. The van der Waals surface area contributed by atoms with E-state index in [9.17, 15) is 13.2 Å². The van der Waals surface area contributed by atoms with Crippen molar-refractivity contribution in [2.45, 2.75) is 32.4 Å². The predicted octanol–water partition coefficient (Wildman–Crippen LogP) is 1.84. The third-order valence-corrected chi connectivity index (χ3v) is 3.39. The van der Waals surface area contributed by atoms with Gasteiger partial charge in [0.1, 0.15) is 0 Å². The van der Waals surface area contributed by atoms with Gasteiger partial charge in [0.2, 0.25) is 0 Å². The molecule has 4 nitrogen and oxygen atoms in total. The molecule has 20 heavy (non-hydrogen) atoms. The molecule has 0 bridgehead atoms. The highest BCUT2D eigenvalue weighted by Crippen LogP contribution is 2.18. The first-order chi connectivity index (χ1) is 9.40. The molecule has 1 fully saturated rings. The number of nitrogens with zero attached hydrogens (tertiary/aromatic N) is 2. The second kappa shape index (κ2) is 8.34. The number of aliphatic imine (C=N–C) groups is 1. The molecule has 1 unspecified atom stereocenters. The van der Waals surface area contributed by atoms with Gasteiger partial charge in [0.25, 0.3) is 0 Å². The minimum absolute atomic E-state index is 0.149. The van der Waals surface area contributed by atoms with Crippen LogP contribution in [0.2, 0.25) is 0 Å². The Bertz CT molecular complexity index is 304. The average molecular weight is 294 g/mol. The van der Waals surface area contributed by atoms with E-state index in [1.165, 1.54) is 12.8 Å². The van der Waals surface area contributed by atoms with E-state index in [2.05, 4.69) is 27.4 Å². The van der Waals surface area contributed by atoms with Crippen LogP contribution in [-0.2, 0) is 0 Å². The minimum Gasteiger partial charge on any atom is -0.356 e. The maximum atomic E-state index is 12.0. The summed E-state index contributed by atoms with van der Waals surface area (Å²) in [6, 6.07) is 0. The Balaban J connectivity index is 2.15. The van der Waals surface area contributed by atoms with Crippen molar-refractivity contribution in [3.05, 3.63) is 0 Å². The normalized spacial score (nSPS) is 21.9. The molecule has 0 aromatic carbocycles. The van der Waals surface area contributed by atoms with Gasteiger partial charge in [-0.3, -0.25) is 4.99 Å². The standard InChI is InChI=1S/C13H25F3N4/c1-11-4-3-8-20(10-11)9-7-19-12(17-2)18-6-5-13(14,15)16/h11H,3-10H2,1-2H3,(H2,17,18,19). The molecule has 0 radical (unpaired) electrons. The lowest BCUT2D eigenvalue weighted by Gasteiger charge is -2.30. The van der Waals surface area contributed by atoms with Crippen molar-refractivity contribution in [1.29, 1.82) is 0 Å². The lowest BCUT2D eigenvalue weighted by Crippen LogP contribution is -2.44. The van der Waals surface area contributed by atoms with Gasteiger partial charge in [0.15, 0.2) is 5.96 Å². The summed E-state index contributed by atoms with van der Waals surface area (Å²) in [5.74, 6) is 1.16. The number of guanidine groups is 1. The van der Waals surface area contributed by atoms with E-state index < -0.39 is 12.6 Å². The molecule has 0 spiro atoms. The summed E-state index contributed by atoms with van der Waals surface area (Å²) in [5, 5.41) is 5.72. The first-order valence-electron chi connectivity index (χ1n) is 7.14. The molecule has 1 aliphatic heterocycles. The van der Waals surface area contributed by atoms with Gasteiger partial charge >= 0.3 is 6.18 Å². The first kappa shape index (κ1) is 17.1. The number of piperidine rings is 1. The molecule has 2 N–H and O–H groups in total. The maximum Gasteiger partial charge on any atom is 0.390 e. The Morgan fingerprint density at radius 1 is 1.30 bits per heavy atom. The lowest BCUT2D eigenvalue weighted by molar-refractivity contribution is -0.132. The number of hydrogen-bond donors (Lipinski definition) is 2. The molecule has 0 aliphatic carbocycles. The molecule has 1 saturated heterocycles. The van der Waals surface area contributed by atoms with Gasteiger partial charge in [-0.1, -0.05) is 6.92 Å². The maximum absolute atomic E-state index is 12.0. The van der Waals surface area contributed by atoms with Crippen LogP contribution in [0.3, 0.4) is 0 Å². The van der Waals surface area contributed by atoms with Crippen LogP contribution >= 0.6 is 0 Å². The van der Waals surface area contributed by atoms with Gasteiger partial charge in [-0.05, 0) is 25.3 Å². The summed E-state index contributed by atoms with van der Waals surface area (Å²) in [6.45, 7) is 5.89.